The molecule has 1 N–H and O–H groups in total. The summed E-state index contributed by atoms with van der Waals surface area (Å²) >= 11 is 0. The Bertz CT molecular complexity index is 211. The molecule has 2 amide bonds. The lowest BCUT2D eigenvalue weighted by Gasteiger charge is -2.35. The average Bonchev–Trinajstić information content (AvgIpc) is 2.16. The first-order valence-electron chi connectivity index (χ1n) is 5.73. The summed E-state index contributed by atoms with van der Waals surface area (Å²) in [5.74, 6) is 0. The Morgan fingerprint density at radius 1 is 1.47 bits per heavy atom. The zero-order valence-electron chi connectivity index (χ0n) is 10.1. The average molecular weight is 214 g/mol. The number of ether oxygens (including phenoxy) is 1. The molecule has 0 bridgehead atoms. The molecule has 0 aromatic rings. The zero-order valence-corrected chi connectivity index (χ0v) is 10.1. The molecule has 1 aliphatic heterocycles. The summed E-state index contributed by atoms with van der Waals surface area (Å²) in [6, 6.07) is 0.275. The van der Waals surface area contributed by atoms with Gasteiger partial charge in [0.05, 0.1) is 12.2 Å². The van der Waals surface area contributed by atoms with Gasteiger partial charge < -0.3 is 15.0 Å². The number of nitrogens with zero attached hydrogens (tertiary/aromatic N) is 1. The van der Waals surface area contributed by atoms with E-state index in [1.54, 1.807) is 0 Å². The van der Waals surface area contributed by atoms with E-state index in [4.69, 9.17) is 4.74 Å². The van der Waals surface area contributed by atoms with Crippen LogP contribution in [0.15, 0.2) is 0 Å². The van der Waals surface area contributed by atoms with Crippen LogP contribution in [0.25, 0.3) is 0 Å². The number of hydrogen-bond acceptors (Lipinski definition) is 2. The number of hydrogen-bond donors (Lipinski definition) is 1. The molecule has 0 aromatic heterocycles. The van der Waals surface area contributed by atoms with Gasteiger partial charge in [-0.2, -0.15) is 0 Å². The molecule has 1 heterocycles. The van der Waals surface area contributed by atoms with Crippen LogP contribution in [0.3, 0.4) is 0 Å². The van der Waals surface area contributed by atoms with Crippen LogP contribution in [0.1, 0.15) is 34.1 Å². The van der Waals surface area contributed by atoms with Crippen molar-refractivity contribution in [2.24, 2.45) is 0 Å². The highest BCUT2D eigenvalue weighted by atomic mass is 16.5. The molecule has 1 aliphatic rings. The number of carbonyl (C=O) groups is 1. The summed E-state index contributed by atoms with van der Waals surface area (Å²) in [6.45, 7) is 9.46. The highest BCUT2D eigenvalue weighted by Crippen LogP contribution is 2.10. The number of rotatable bonds is 2. The minimum atomic E-state index is 0.0337. The van der Waals surface area contributed by atoms with Crippen molar-refractivity contribution in [1.82, 2.24) is 10.2 Å². The van der Waals surface area contributed by atoms with Crippen LogP contribution in [0.4, 0.5) is 4.79 Å². The van der Waals surface area contributed by atoms with Crippen molar-refractivity contribution in [2.75, 3.05) is 13.1 Å². The van der Waals surface area contributed by atoms with Gasteiger partial charge in [0.15, 0.2) is 0 Å². The Kier molecular flexibility index (Phi) is 4.39. The number of urea groups is 1. The van der Waals surface area contributed by atoms with Crippen LogP contribution in [-0.4, -0.2) is 42.3 Å². The van der Waals surface area contributed by atoms with Crippen LogP contribution in [0.5, 0.6) is 0 Å². The van der Waals surface area contributed by atoms with Crippen molar-refractivity contribution in [2.45, 2.75) is 52.4 Å². The smallest absolute Gasteiger partial charge is 0.317 e. The second-order valence-corrected chi connectivity index (χ2v) is 4.42. The lowest BCUT2D eigenvalue weighted by Crippen LogP contribution is -2.53. The highest BCUT2D eigenvalue weighted by Gasteiger charge is 2.26. The van der Waals surface area contributed by atoms with Crippen molar-refractivity contribution in [1.29, 1.82) is 0 Å². The van der Waals surface area contributed by atoms with E-state index in [2.05, 4.69) is 12.2 Å². The fourth-order valence-corrected chi connectivity index (χ4v) is 1.75. The Hall–Kier alpha value is -0.770. The summed E-state index contributed by atoms with van der Waals surface area (Å²) in [4.78, 5) is 13.7. The van der Waals surface area contributed by atoms with E-state index in [-0.39, 0.29) is 24.3 Å². The molecule has 0 aliphatic carbocycles. The lowest BCUT2D eigenvalue weighted by atomic mass is 10.2. The maximum Gasteiger partial charge on any atom is 0.317 e. The van der Waals surface area contributed by atoms with E-state index in [0.717, 1.165) is 6.42 Å². The van der Waals surface area contributed by atoms with Crippen molar-refractivity contribution >= 4 is 6.03 Å². The van der Waals surface area contributed by atoms with Gasteiger partial charge in [-0.3, -0.25) is 0 Å². The fraction of sp³-hybridized carbons (Fsp3) is 0.909. The van der Waals surface area contributed by atoms with Crippen LogP contribution in [-0.2, 0) is 4.74 Å². The Labute approximate surface area is 92.0 Å². The molecule has 15 heavy (non-hydrogen) atoms. The minimum absolute atomic E-state index is 0.0337. The highest BCUT2D eigenvalue weighted by molar-refractivity contribution is 5.74. The van der Waals surface area contributed by atoms with Crippen LogP contribution in [0.2, 0.25) is 0 Å². The molecule has 0 saturated carbocycles. The third kappa shape index (κ3) is 3.70. The van der Waals surface area contributed by atoms with Gasteiger partial charge in [-0.1, -0.05) is 6.92 Å². The molecule has 4 nitrogen and oxygen atoms in total. The van der Waals surface area contributed by atoms with Gasteiger partial charge in [0.25, 0.3) is 0 Å². The van der Waals surface area contributed by atoms with E-state index in [9.17, 15) is 4.79 Å². The maximum atomic E-state index is 11.8. The first kappa shape index (κ1) is 12.3. The monoisotopic (exact) mass is 214 g/mol. The molecule has 0 radical (unpaired) electrons. The van der Waals surface area contributed by atoms with E-state index in [1.165, 1.54) is 0 Å². The maximum absolute atomic E-state index is 11.8. The Morgan fingerprint density at radius 3 is 2.47 bits per heavy atom. The zero-order chi connectivity index (χ0) is 11.4. The second-order valence-electron chi connectivity index (χ2n) is 4.42. The first-order valence-corrected chi connectivity index (χ1v) is 5.73. The van der Waals surface area contributed by atoms with E-state index >= 15 is 0 Å². The van der Waals surface area contributed by atoms with Gasteiger partial charge in [-0.25, -0.2) is 4.79 Å². The number of carbonyl (C=O) groups excluding carboxylic acids is 1. The fourth-order valence-electron chi connectivity index (χ4n) is 1.75. The van der Waals surface area contributed by atoms with Gasteiger partial charge >= 0.3 is 6.03 Å². The van der Waals surface area contributed by atoms with E-state index in [0.29, 0.717) is 13.1 Å². The summed E-state index contributed by atoms with van der Waals surface area (Å²) in [5.41, 5.74) is 0. The summed E-state index contributed by atoms with van der Waals surface area (Å²) in [5, 5.41) is 2.97. The van der Waals surface area contributed by atoms with Crippen LogP contribution < -0.4 is 5.32 Å². The van der Waals surface area contributed by atoms with Gasteiger partial charge in [0.1, 0.15) is 0 Å². The predicted molar refractivity (Wildman–Crippen MR) is 59.9 cm³/mol. The van der Waals surface area contributed by atoms with E-state index < -0.39 is 0 Å². The molecule has 0 spiro atoms. The van der Waals surface area contributed by atoms with Crippen LogP contribution >= 0.6 is 0 Å². The standard InChI is InChI=1S/C11H22N2O2/c1-5-8(2)12-11(14)13-6-9(3)15-10(4)7-13/h8-10H,5-7H2,1-4H3,(H,12,14)/t8-,9-,10+/m1/s1. The minimum Gasteiger partial charge on any atom is -0.372 e. The number of amides is 2. The topological polar surface area (TPSA) is 41.6 Å². The van der Waals surface area contributed by atoms with Crippen LogP contribution in [0, 0.1) is 0 Å². The second kappa shape index (κ2) is 5.35. The molecular formula is C11H22N2O2. The van der Waals surface area contributed by atoms with Crippen molar-refractivity contribution < 1.29 is 9.53 Å². The summed E-state index contributed by atoms with van der Waals surface area (Å²) < 4.78 is 5.58. The lowest BCUT2D eigenvalue weighted by molar-refractivity contribution is -0.0547. The van der Waals surface area contributed by atoms with E-state index in [1.807, 2.05) is 25.7 Å². The summed E-state index contributed by atoms with van der Waals surface area (Å²) in [6.07, 6.45) is 1.23. The molecule has 88 valence electrons. The molecule has 1 rings (SSSR count). The van der Waals surface area contributed by atoms with Crippen molar-refractivity contribution in [3.63, 3.8) is 0 Å². The molecular weight excluding hydrogens is 192 g/mol. The summed E-state index contributed by atoms with van der Waals surface area (Å²) in [7, 11) is 0. The van der Waals surface area contributed by atoms with Gasteiger partial charge in [-0.15, -0.1) is 0 Å². The SMILES string of the molecule is CC[C@@H](C)NC(=O)N1C[C@@H](C)O[C@@H](C)C1. The van der Waals surface area contributed by atoms with Gasteiger partial charge in [-0.05, 0) is 27.2 Å². The molecule has 1 saturated heterocycles. The Morgan fingerprint density at radius 2 is 2.00 bits per heavy atom. The molecule has 3 atom stereocenters. The third-order valence-electron chi connectivity index (χ3n) is 2.69. The number of morpholine rings is 1. The largest absolute Gasteiger partial charge is 0.372 e. The molecule has 0 unspecified atom stereocenters. The number of nitrogens with one attached hydrogen (secondary N) is 1. The van der Waals surface area contributed by atoms with Gasteiger partial charge in [0.2, 0.25) is 0 Å². The predicted octanol–water partition coefficient (Wildman–Crippen LogP) is 1.60. The van der Waals surface area contributed by atoms with Crippen molar-refractivity contribution in [3.8, 4) is 0 Å². The normalized spacial score (nSPS) is 28.7. The van der Waals surface area contributed by atoms with Gasteiger partial charge in [0, 0.05) is 19.1 Å². The molecule has 0 aromatic carbocycles. The first-order chi connectivity index (χ1) is 7.02. The molecule has 1 fully saturated rings. The van der Waals surface area contributed by atoms with Crippen molar-refractivity contribution in [3.05, 3.63) is 0 Å². The quantitative estimate of drug-likeness (QED) is 0.758. The molecule has 4 heteroatoms. The third-order valence-corrected chi connectivity index (χ3v) is 2.69. The Balaban J connectivity index is 2.44.